The van der Waals surface area contributed by atoms with Crippen molar-refractivity contribution >= 4 is 17.8 Å². The third-order valence-corrected chi connectivity index (χ3v) is 3.57. The topological polar surface area (TPSA) is 92.5 Å². The number of barbiturate groups is 1. The summed E-state index contributed by atoms with van der Waals surface area (Å²) in [7, 11) is 0. The summed E-state index contributed by atoms with van der Waals surface area (Å²) >= 11 is 0. The van der Waals surface area contributed by atoms with Crippen LogP contribution in [0.2, 0.25) is 0 Å². The normalized spacial score (nSPS) is 18.6. The van der Waals surface area contributed by atoms with E-state index in [1.54, 1.807) is 19.9 Å². The predicted molar refractivity (Wildman–Crippen MR) is 63.6 cm³/mol. The second-order valence-electron chi connectivity index (χ2n) is 4.42. The fourth-order valence-electron chi connectivity index (χ4n) is 2.23. The highest BCUT2D eigenvalue weighted by Crippen LogP contribution is 2.32. The van der Waals surface area contributed by atoms with Crippen molar-refractivity contribution < 1.29 is 18.9 Å². The van der Waals surface area contributed by atoms with Gasteiger partial charge in [-0.05, 0) is 12.8 Å². The van der Waals surface area contributed by atoms with Gasteiger partial charge in [-0.3, -0.25) is 19.8 Å². The van der Waals surface area contributed by atoms with Gasteiger partial charge in [0.05, 0.1) is 12.7 Å². The minimum atomic E-state index is -1.17. The molecule has 0 atom stereocenters. The summed E-state index contributed by atoms with van der Waals surface area (Å²) in [4.78, 5) is 37.1. The lowest BCUT2D eigenvalue weighted by atomic mass is 9.78. The van der Waals surface area contributed by atoms with Gasteiger partial charge >= 0.3 is 6.03 Å². The molecule has 7 nitrogen and oxygen atoms in total. The molecule has 0 spiro atoms. The average Bonchev–Trinajstić information content (AvgIpc) is 2.89. The Hall–Kier alpha value is -2.18. The summed E-state index contributed by atoms with van der Waals surface area (Å²) in [6.45, 7) is 3.48. The quantitative estimate of drug-likeness (QED) is 0.822. The van der Waals surface area contributed by atoms with Crippen molar-refractivity contribution in [1.82, 2.24) is 15.4 Å². The number of carbonyl (C=O) groups is 3. The van der Waals surface area contributed by atoms with Gasteiger partial charge in [0.15, 0.2) is 5.76 Å². The van der Waals surface area contributed by atoms with Crippen LogP contribution in [0.3, 0.4) is 0 Å². The van der Waals surface area contributed by atoms with Crippen molar-refractivity contribution in [1.29, 1.82) is 0 Å². The first-order chi connectivity index (χ1) is 9.05. The van der Waals surface area contributed by atoms with Crippen LogP contribution in [0.5, 0.6) is 0 Å². The lowest BCUT2D eigenvalue weighted by Gasteiger charge is -2.37. The molecule has 1 saturated heterocycles. The molecule has 0 unspecified atom stereocenters. The number of nitrogens with one attached hydrogen (secondary N) is 1. The van der Waals surface area contributed by atoms with E-state index in [0.717, 1.165) is 4.90 Å². The molecule has 1 N–H and O–H groups in total. The molecule has 7 heteroatoms. The number of nitrogens with zero attached hydrogens (tertiary/aromatic N) is 2. The molecule has 0 aromatic carbocycles. The second kappa shape index (κ2) is 4.83. The second-order valence-corrected chi connectivity index (χ2v) is 4.42. The summed E-state index contributed by atoms with van der Waals surface area (Å²) < 4.78 is 4.89. The zero-order chi connectivity index (χ0) is 14.0. The first-order valence-electron chi connectivity index (χ1n) is 6.12. The minimum Gasteiger partial charge on any atom is -0.359 e. The van der Waals surface area contributed by atoms with Gasteiger partial charge < -0.3 is 4.52 Å². The molecule has 0 saturated carbocycles. The molecule has 102 valence electrons. The molecule has 1 fully saturated rings. The van der Waals surface area contributed by atoms with Crippen LogP contribution in [0.1, 0.15) is 32.4 Å². The highest BCUT2D eigenvalue weighted by atomic mass is 16.5. The highest BCUT2D eigenvalue weighted by molar-refractivity contribution is 6.18. The molecule has 4 amide bonds. The smallest absolute Gasteiger partial charge is 0.331 e. The van der Waals surface area contributed by atoms with Crippen LogP contribution in [-0.4, -0.2) is 27.9 Å². The van der Waals surface area contributed by atoms with Gasteiger partial charge in [0.1, 0.15) is 5.41 Å². The summed E-state index contributed by atoms with van der Waals surface area (Å²) in [5.74, 6) is -0.622. The van der Waals surface area contributed by atoms with Crippen LogP contribution in [0, 0.1) is 5.41 Å². The zero-order valence-electron chi connectivity index (χ0n) is 10.8. The summed E-state index contributed by atoms with van der Waals surface area (Å²) in [6.07, 6.45) is 2.11. The number of rotatable bonds is 4. The fourth-order valence-corrected chi connectivity index (χ4v) is 2.23. The largest absolute Gasteiger partial charge is 0.359 e. The van der Waals surface area contributed by atoms with Crippen LogP contribution >= 0.6 is 0 Å². The van der Waals surface area contributed by atoms with Crippen LogP contribution < -0.4 is 5.32 Å². The number of carbonyl (C=O) groups excluding carboxylic acids is 3. The SMILES string of the molecule is CCC1(CC)C(=O)NC(=O)N(Cc2ccno2)C1=O. The maximum atomic E-state index is 12.4. The van der Waals surface area contributed by atoms with Gasteiger partial charge in [0, 0.05) is 6.07 Å². The highest BCUT2D eigenvalue weighted by Gasteiger charge is 2.51. The molecule has 2 heterocycles. The Morgan fingerprint density at radius 1 is 1.32 bits per heavy atom. The zero-order valence-corrected chi connectivity index (χ0v) is 10.8. The van der Waals surface area contributed by atoms with E-state index in [9.17, 15) is 14.4 Å². The standard InChI is InChI=1S/C12H15N3O4/c1-3-12(4-2)9(16)14-11(18)15(10(12)17)7-8-5-6-13-19-8/h5-6H,3-4,7H2,1-2H3,(H,14,16,18). The van der Waals surface area contributed by atoms with E-state index in [0.29, 0.717) is 18.6 Å². The third kappa shape index (κ3) is 2.00. The lowest BCUT2D eigenvalue weighted by molar-refractivity contribution is -0.152. The molecule has 2 rings (SSSR count). The average molecular weight is 265 g/mol. The van der Waals surface area contributed by atoms with Crippen molar-refractivity contribution in [3.63, 3.8) is 0 Å². The molecule has 0 aliphatic carbocycles. The van der Waals surface area contributed by atoms with E-state index in [1.165, 1.54) is 6.20 Å². The molecule has 0 bridgehead atoms. The van der Waals surface area contributed by atoms with Crippen LogP contribution in [0.4, 0.5) is 4.79 Å². The molecule has 19 heavy (non-hydrogen) atoms. The van der Waals surface area contributed by atoms with Gasteiger partial charge in [-0.15, -0.1) is 0 Å². The number of hydrogen-bond donors (Lipinski definition) is 1. The molecule has 1 aromatic heterocycles. The van der Waals surface area contributed by atoms with E-state index in [-0.39, 0.29) is 6.54 Å². The van der Waals surface area contributed by atoms with Gasteiger partial charge in [-0.2, -0.15) is 0 Å². The van der Waals surface area contributed by atoms with Crippen LogP contribution in [-0.2, 0) is 16.1 Å². The minimum absolute atomic E-state index is 0.0281. The lowest BCUT2D eigenvalue weighted by Crippen LogP contribution is -2.63. The Morgan fingerprint density at radius 3 is 2.53 bits per heavy atom. The number of hydrogen-bond acceptors (Lipinski definition) is 5. The summed E-state index contributed by atoms with van der Waals surface area (Å²) in [5, 5.41) is 5.75. The number of amides is 4. The van der Waals surface area contributed by atoms with Crippen LogP contribution in [0.15, 0.2) is 16.8 Å². The van der Waals surface area contributed by atoms with Crippen LogP contribution in [0.25, 0.3) is 0 Å². The van der Waals surface area contributed by atoms with Gasteiger partial charge in [-0.25, -0.2) is 4.79 Å². The molecular weight excluding hydrogens is 250 g/mol. The Bertz CT molecular complexity index is 505. The van der Waals surface area contributed by atoms with Crippen molar-refractivity contribution in [3.05, 3.63) is 18.0 Å². The maximum absolute atomic E-state index is 12.4. The monoisotopic (exact) mass is 265 g/mol. The Kier molecular flexibility index (Phi) is 3.37. The Balaban J connectivity index is 2.30. The predicted octanol–water partition coefficient (Wildman–Crippen LogP) is 1.06. The first-order valence-corrected chi connectivity index (χ1v) is 6.12. The van der Waals surface area contributed by atoms with Gasteiger partial charge in [0.25, 0.3) is 0 Å². The number of aromatic nitrogens is 1. The molecule has 1 aromatic rings. The fraction of sp³-hybridized carbons (Fsp3) is 0.500. The van der Waals surface area contributed by atoms with Gasteiger partial charge in [0.2, 0.25) is 11.8 Å². The van der Waals surface area contributed by atoms with E-state index in [1.807, 2.05) is 0 Å². The van der Waals surface area contributed by atoms with E-state index < -0.39 is 23.3 Å². The van der Waals surface area contributed by atoms with E-state index in [2.05, 4.69) is 10.5 Å². The van der Waals surface area contributed by atoms with Crippen molar-refractivity contribution in [3.8, 4) is 0 Å². The number of imide groups is 2. The van der Waals surface area contributed by atoms with Crippen molar-refractivity contribution in [2.24, 2.45) is 5.41 Å². The van der Waals surface area contributed by atoms with E-state index in [4.69, 9.17) is 4.52 Å². The Morgan fingerprint density at radius 2 is 2.00 bits per heavy atom. The maximum Gasteiger partial charge on any atom is 0.331 e. The van der Waals surface area contributed by atoms with Crippen molar-refractivity contribution in [2.75, 3.05) is 0 Å². The molecule has 0 radical (unpaired) electrons. The third-order valence-electron chi connectivity index (χ3n) is 3.57. The van der Waals surface area contributed by atoms with Gasteiger partial charge in [-0.1, -0.05) is 19.0 Å². The number of urea groups is 1. The molecule has 1 aliphatic heterocycles. The first kappa shape index (κ1) is 13.3. The van der Waals surface area contributed by atoms with E-state index >= 15 is 0 Å². The summed E-state index contributed by atoms with van der Waals surface area (Å²) in [5.41, 5.74) is -1.17. The summed E-state index contributed by atoms with van der Waals surface area (Å²) in [6, 6.07) is 0.847. The Labute approximate surface area is 109 Å². The van der Waals surface area contributed by atoms with Crippen molar-refractivity contribution in [2.45, 2.75) is 33.2 Å². The molecular formula is C12H15N3O4. The molecule has 1 aliphatic rings.